The summed E-state index contributed by atoms with van der Waals surface area (Å²) < 4.78 is 0. The molecule has 0 spiro atoms. The van der Waals surface area contributed by atoms with Crippen LogP contribution in [0.4, 0.5) is 5.69 Å². The van der Waals surface area contributed by atoms with Gasteiger partial charge in [-0.2, -0.15) is 10.5 Å². The summed E-state index contributed by atoms with van der Waals surface area (Å²) in [5, 5.41) is 28.0. The second kappa shape index (κ2) is 6.25. The van der Waals surface area contributed by atoms with Gasteiger partial charge in [-0.25, -0.2) is 0 Å². The van der Waals surface area contributed by atoms with E-state index < -0.39 is 0 Å². The van der Waals surface area contributed by atoms with Gasteiger partial charge in [-0.15, -0.1) is 0 Å². The van der Waals surface area contributed by atoms with Crippen LogP contribution in [-0.2, 0) is 0 Å². The Hall–Kier alpha value is -3.24. The van der Waals surface area contributed by atoms with Crippen molar-refractivity contribution in [2.45, 2.75) is 6.42 Å². The van der Waals surface area contributed by atoms with Gasteiger partial charge in [0, 0.05) is 13.1 Å². The second-order valence-electron chi connectivity index (χ2n) is 5.40. The van der Waals surface area contributed by atoms with Crippen molar-refractivity contribution in [3.63, 3.8) is 0 Å². The van der Waals surface area contributed by atoms with Gasteiger partial charge in [0.2, 0.25) is 0 Å². The number of nitrogens with zero attached hydrogens (tertiary/aromatic N) is 3. The zero-order chi connectivity index (χ0) is 16.2. The highest BCUT2D eigenvalue weighted by Gasteiger charge is 2.19. The van der Waals surface area contributed by atoms with Crippen LogP contribution in [0.3, 0.4) is 0 Å². The lowest BCUT2D eigenvalue weighted by atomic mass is 9.98. The standard InChI is InChI=1S/C19H15N3O/c20-12-16-2-1-3-17(13-21)19(16)22-10-8-15(9-11-22)14-4-6-18(23)7-5-14/h1-8,23H,9-11H2. The van der Waals surface area contributed by atoms with Crippen LogP contribution < -0.4 is 4.90 Å². The molecule has 0 radical (unpaired) electrons. The maximum Gasteiger partial charge on any atom is 0.115 e. The van der Waals surface area contributed by atoms with Gasteiger partial charge >= 0.3 is 0 Å². The van der Waals surface area contributed by atoms with Gasteiger partial charge in [-0.3, -0.25) is 0 Å². The highest BCUT2D eigenvalue weighted by Crippen LogP contribution is 2.30. The summed E-state index contributed by atoms with van der Waals surface area (Å²) in [6.45, 7) is 1.41. The number of aromatic hydroxyl groups is 1. The van der Waals surface area contributed by atoms with Gasteiger partial charge in [0.25, 0.3) is 0 Å². The Labute approximate surface area is 135 Å². The minimum absolute atomic E-state index is 0.258. The summed E-state index contributed by atoms with van der Waals surface area (Å²) in [5.41, 5.74) is 4.10. The van der Waals surface area contributed by atoms with Crippen molar-refractivity contribution in [1.82, 2.24) is 0 Å². The minimum Gasteiger partial charge on any atom is -0.508 e. The third-order valence-electron chi connectivity index (χ3n) is 4.04. The number of benzene rings is 2. The quantitative estimate of drug-likeness (QED) is 0.922. The summed E-state index contributed by atoms with van der Waals surface area (Å²) in [6.07, 6.45) is 2.95. The monoisotopic (exact) mass is 301 g/mol. The molecule has 4 heteroatoms. The molecule has 1 aliphatic rings. The Kier molecular flexibility index (Phi) is 3.99. The zero-order valence-corrected chi connectivity index (χ0v) is 12.5. The Bertz CT molecular complexity index is 806. The second-order valence-corrected chi connectivity index (χ2v) is 5.40. The van der Waals surface area contributed by atoms with Crippen LogP contribution in [0.25, 0.3) is 5.57 Å². The molecular weight excluding hydrogens is 286 g/mol. The van der Waals surface area contributed by atoms with Gasteiger partial charge in [-0.05, 0) is 41.8 Å². The SMILES string of the molecule is N#Cc1cccc(C#N)c1N1CC=C(c2ccc(O)cc2)CC1. The van der Waals surface area contributed by atoms with E-state index in [9.17, 15) is 15.6 Å². The third-order valence-corrected chi connectivity index (χ3v) is 4.04. The molecule has 1 aliphatic heterocycles. The van der Waals surface area contributed by atoms with Gasteiger partial charge in [0.05, 0.1) is 16.8 Å². The summed E-state index contributed by atoms with van der Waals surface area (Å²) in [6, 6.07) is 16.8. The lowest BCUT2D eigenvalue weighted by Gasteiger charge is -2.30. The van der Waals surface area contributed by atoms with E-state index in [1.165, 1.54) is 5.57 Å². The zero-order valence-electron chi connectivity index (χ0n) is 12.5. The topological polar surface area (TPSA) is 71.0 Å². The maximum atomic E-state index is 9.37. The smallest absolute Gasteiger partial charge is 0.115 e. The molecule has 112 valence electrons. The molecular formula is C19H15N3O. The molecule has 0 amide bonds. The molecule has 0 saturated carbocycles. The molecule has 4 nitrogen and oxygen atoms in total. The van der Waals surface area contributed by atoms with Crippen molar-refractivity contribution in [3.8, 4) is 17.9 Å². The van der Waals surface area contributed by atoms with Gasteiger partial charge in [0.1, 0.15) is 17.9 Å². The van der Waals surface area contributed by atoms with Gasteiger partial charge < -0.3 is 10.0 Å². The average molecular weight is 301 g/mol. The van der Waals surface area contributed by atoms with Crippen LogP contribution in [0, 0.1) is 22.7 Å². The number of rotatable bonds is 2. The predicted octanol–water partition coefficient (Wildman–Crippen LogP) is 3.43. The van der Waals surface area contributed by atoms with Crippen LogP contribution in [0.1, 0.15) is 23.1 Å². The molecule has 2 aromatic carbocycles. The molecule has 3 rings (SSSR count). The lowest BCUT2D eigenvalue weighted by molar-refractivity contribution is 0.475. The molecule has 2 aromatic rings. The highest BCUT2D eigenvalue weighted by molar-refractivity contribution is 5.73. The average Bonchev–Trinajstić information content (AvgIpc) is 2.62. The normalized spacial score (nSPS) is 13.8. The largest absolute Gasteiger partial charge is 0.508 e. The Morgan fingerprint density at radius 2 is 1.61 bits per heavy atom. The van der Waals surface area contributed by atoms with E-state index in [-0.39, 0.29) is 5.75 Å². The van der Waals surface area contributed by atoms with Crippen LogP contribution in [-0.4, -0.2) is 18.2 Å². The van der Waals surface area contributed by atoms with E-state index in [1.54, 1.807) is 30.3 Å². The number of anilines is 1. The van der Waals surface area contributed by atoms with Gasteiger partial charge in [-0.1, -0.05) is 24.3 Å². The minimum atomic E-state index is 0.258. The van der Waals surface area contributed by atoms with E-state index in [1.807, 2.05) is 12.1 Å². The van der Waals surface area contributed by atoms with E-state index in [0.29, 0.717) is 17.7 Å². The molecule has 0 aromatic heterocycles. The number of phenols is 1. The Morgan fingerprint density at radius 1 is 0.957 bits per heavy atom. The number of nitriles is 2. The Morgan fingerprint density at radius 3 is 2.13 bits per heavy atom. The van der Waals surface area contributed by atoms with Crippen molar-refractivity contribution < 1.29 is 5.11 Å². The molecule has 1 heterocycles. The first-order valence-corrected chi connectivity index (χ1v) is 7.39. The molecule has 0 unspecified atom stereocenters. The number of hydrogen-bond acceptors (Lipinski definition) is 4. The first kappa shape index (κ1) is 14.7. The van der Waals surface area contributed by atoms with E-state index in [4.69, 9.17) is 0 Å². The highest BCUT2D eigenvalue weighted by atomic mass is 16.3. The van der Waals surface area contributed by atoms with Crippen molar-refractivity contribution in [2.75, 3.05) is 18.0 Å². The van der Waals surface area contributed by atoms with Crippen LogP contribution in [0.15, 0.2) is 48.5 Å². The first-order chi connectivity index (χ1) is 11.2. The molecule has 23 heavy (non-hydrogen) atoms. The van der Waals surface area contributed by atoms with Crippen molar-refractivity contribution in [2.24, 2.45) is 0 Å². The molecule has 0 fully saturated rings. The van der Waals surface area contributed by atoms with Crippen molar-refractivity contribution in [1.29, 1.82) is 10.5 Å². The van der Waals surface area contributed by atoms with Gasteiger partial charge in [0.15, 0.2) is 0 Å². The summed E-state index contributed by atoms with van der Waals surface area (Å²) in [7, 11) is 0. The lowest BCUT2D eigenvalue weighted by Crippen LogP contribution is -2.29. The fourth-order valence-corrected chi connectivity index (χ4v) is 2.87. The summed E-state index contributed by atoms with van der Waals surface area (Å²) in [5.74, 6) is 0.258. The number of para-hydroxylation sites is 1. The molecule has 1 N–H and O–H groups in total. The van der Waals surface area contributed by atoms with Crippen molar-refractivity contribution >= 4 is 11.3 Å². The van der Waals surface area contributed by atoms with Crippen LogP contribution >= 0.6 is 0 Å². The fraction of sp³-hybridized carbons (Fsp3) is 0.158. The first-order valence-electron chi connectivity index (χ1n) is 7.39. The molecule has 0 saturated heterocycles. The number of phenolic OH excluding ortho intramolecular Hbond substituents is 1. The van der Waals surface area contributed by atoms with Crippen LogP contribution in [0.5, 0.6) is 5.75 Å². The van der Waals surface area contributed by atoms with E-state index >= 15 is 0 Å². The summed E-state index contributed by atoms with van der Waals surface area (Å²) >= 11 is 0. The van der Waals surface area contributed by atoms with E-state index in [2.05, 4.69) is 23.1 Å². The number of hydrogen-bond donors (Lipinski definition) is 1. The third kappa shape index (κ3) is 2.88. The molecule has 0 aliphatic carbocycles. The molecule has 0 atom stereocenters. The maximum absolute atomic E-state index is 9.37. The fourth-order valence-electron chi connectivity index (χ4n) is 2.87. The summed E-state index contributed by atoms with van der Waals surface area (Å²) in [4.78, 5) is 2.07. The Balaban J connectivity index is 1.89. The van der Waals surface area contributed by atoms with E-state index in [0.717, 1.165) is 24.2 Å². The van der Waals surface area contributed by atoms with Crippen molar-refractivity contribution in [3.05, 3.63) is 65.2 Å². The molecule has 0 bridgehead atoms. The van der Waals surface area contributed by atoms with Crippen LogP contribution in [0.2, 0.25) is 0 Å². The predicted molar refractivity (Wildman–Crippen MR) is 88.8 cm³/mol.